The fourth-order valence-electron chi connectivity index (χ4n) is 2.44. The third-order valence-electron chi connectivity index (χ3n) is 3.81. The zero-order valence-corrected chi connectivity index (χ0v) is 13.9. The number of carbonyl (C=O) groups is 1. The molecule has 1 heterocycles. The van der Waals surface area contributed by atoms with E-state index in [4.69, 9.17) is 5.73 Å². The lowest BCUT2D eigenvalue weighted by Gasteiger charge is -2.30. The van der Waals surface area contributed by atoms with Crippen LogP contribution < -0.4 is 11.1 Å². The van der Waals surface area contributed by atoms with E-state index in [9.17, 15) is 4.79 Å². The normalized spacial score (nSPS) is 14.8. The number of rotatable bonds is 7. The van der Waals surface area contributed by atoms with Gasteiger partial charge >= 0.3 is 0 Å². The Morgan fingerprint density at radius 3 is 2.60 bits per heavy atom. The summed E-state index contributed by atoms with van der Waals surface area (Å²) >= 11 is 1.68. The lowest BCUT2D eigenvalue weighted by molar-refractivity contribution is -0.122. The number of thiophene rings is 1. The van der Waals surface area contributed by atoms with Gasteiger partial charge in [0, 0.05) is 11.3 Å². The minimum atomic E-state index is 0.102. The Kier molecular flexibility index (Phi) is 6.69. The number of hydrogen-bond acceptors (Lipinski definition) is 3. The Bertz CT molecular complexity index is 395. The topological polar surface area (TPSA) is 55.1 Å². The van der Waals surface area contributed by atoms with Crippen molar-refractivity contribution in [3.63, 3.8) is 0 Å². The molecule has 0 spiro atoms. The largest absolute Gasteiger partial charge is 0.349 e. The smallest absolute Gasteiger partial charge is 0.220 e. The third kappa shape index (κ3) is 5.63. The molecule has 1 aromatic rings. The van der Waals surface area contributed by atoms with Crippen LogP contribution in [0.15, 0.2) is 17.5 Å². The van der Waals surface area contributed by atoms with Crippen molar-refractivity contribution >= 4 is 17.2 Å². The van der Waals surface area contributed by atoms with Crippen molar-refractivity contribution in [2.45, 2.75) is 53.0 Å². The number of carbonyl (C=O) groups excluding carboxylic acids is 1. The maximum absolute atomic E-state index is 12.0. The first kappa shape index (κ1) is 17.2. The Hall–Kier alpha value is -0.870. The van der Waals surface area contributed by atoms with E-state index in [1.54, 1.807) is 11.3 Å². The van der Waals surface area contributed by atoms with Crippen molar-refractivity contribution in [2.75, 3.05) is 6.54 Å². The summed E-state index contributed by atoms with van der Waals surface area (Å²) < 4.78 is 0. The Balaban J connectivity index is 2.42. The minimum absolute atomic E-state index is 0.102. The maximum Gasteiger partial charge on any atom is 0.220 e. The summed E-state index contributed by atoms with van der Waals surface area (Å²) in [6.07, 6.45) is 2.47. The van der Waals surface area contributed by atoms with Gasteiger partial charge < -0.3 is 11.1 Å². The van der Waals surface area contributed by atoms with Crippen molar-refractivity contribution in [1.82, 2.24) is 5.32 Å². The lowest BCUT2D eigenvalue weighted by atomic mass is 9.76. The predicted molar refractivity (Wildman–Crippen MR) is 86.7 cm³/mol. The summed E-state index contributed by atoms with van der Waals surface area (Å²) in [6, 6.07) is 4.17. The van der Waals surface area contributed by atoms with Crippen LogP contribution in [0.5, 0.6) is 0 Å². The van der Waals surface area contributed by atoms with Crippen LogP contribution in [-0.4, -0.2) is 12.5 Å². The number of nitrogens with two attached hydrogens (primary N) is 1. The monoisotopic (exact) mass is 296 g/mol. The summed E-state index contributed by atoms with van der Waals surface area (Å²) in [5.41, 5.74) is 5.89. The molecule has 0 aliphatic heterocycles. The summed E-state index contributed by atoms with van der Waals surface area (Å²) in [5, 5.41) is 5.11. The van der Waals surface area contributed by atoms with Gasteiger partial charge in [0.1, 0.15) is 0 Å². The van der Waals surface area contributed by atoms with Gasteiger partial charge in [-0.2, -0.15) is 0 Å². The van der Waals surface area contributed by atoms with Crippen molar-refractivity contribution in [3.8, 4) is 0 Å². The summed E-state index contributed by atoms with van der Waals surface area (Å²) in [4.78, 5) is 13.2. The second-order valence-electron chi connectivity index (χ2n) is 6.48. The van der Waals surface area contributed by atoms with E-state index in [1.807, 2.05) is 18.4 Å². The second kappa shape index (κ2) is 7.79. The molecule has 1 aromatic heterocycles. The Labute approximate surface area is 127 Å². The molecule has 0 radical (unpaired) electrons. The SMILES string of the molecule is CC(NC(=O)CCC(CCN)C(C)(C)C)c1cccs1. The molecule has 0 aliphatic carbocycles. The molecule has 3 N–H and O–H groups in total. The molecule has 0 aromatic carbocycles. The van der Waals surface area contributed by atoms with E-state index < -0.39 is 0 Å². The highest BCUT2D eigenvalue weighted by Crippen LogP contribution is 2.32. The molecule has 20 heavy (non-hydrogen) atoms. The van der Waals surface area contributed by atoms with Gasteiger partial charge in [-0.15, -0.1) is 11.3 Å². The minimum Gasteiger partial charge on any atom is -0.349 e. The summed E-state index contributed by atoms with van der Waals surface area (Å²) in [7, 11) is 0. The van der Waals surface area contributed by atoms with Gasteiger partial charge in [0.05, 0.1) is 6.04 Å². The van der Waals surface area contributed by atoms with E-state index in [1.165, 1.54) is 4.88 Å². The van der Waals surface area contributed by atoms with Crippen molar-refractivity contribution in [1.29, 1.82) is 0 Å². The molecule has 2 atom stereocenters. The molecule has 0 fully saturated rings. The van der Waals surface area contributed by atoms with E-state index in [0.29, 0.717) is 18.9 Å². The molecule has 0 saturated heterocycles. The second-order valence-corrected chi connectivity index (χ2v) is 7.46. The summed E-state index contributed by atoms with van der Waals surface area (Å²) in [6.45, 7) is 9.39. The fourth-order valence-corrected chi connectivity index (χ4v) is 3.17. The first-order valence-corrected chi connectivity index (χ1v) is 8.25. The first-order valence-electron chi connectivity index (χ1n) is 7.37. The van der Waals surface area contributed by atoms with Crippen LogP contribution in [0.2, 0.25) is 0 Å². The molecule has 2 unspecified atom stereocenters. The lowest BCUT2D eigenvalue weighted by Crippen LogP contribution is -2.29. The molecule has 114 valence electrons. The van der Waals surface area contributed by atoms with Gasteiger partial charge in [0.2, 0.25) is 5.91 Å². The molecule has 3 nitrogen and oxygen atoms in total. The zero-order chi connectivity index (χ0) is 15.2. The van der Waals surface area contributed by atoms with Crippen molar-refractivity contribution in [3.05, 3.63) is 22.4 Å². The predicted octanol–water partition coefficient (Wildman–Crippen LogP) is 3.72. The van der Waals surface area contributed by atoms with Crippen LogP contribution in [0.4, 0.5) is 0 Å². The van der Waals surface area contributed by atoms with Crippen LogP contribution in [0.3, 0.4) is 0 Å². The Morgan fingerprint density at radius 2 is 2.10 bits per heavy atom. The van der Waals surface area contributed by atoms with Crippen molar-refractivity contribution in [2.24, 2.45) is 17.1 Å². The van der Waals surface area contributed by atoms with Crippen LogP contribution in [0.1, 0.15) is 57.9 Å². The average molecular weight is 296 g/mol. The first-order chi connectivity index (χ1) is 9.34. The van der Waals surface area contributed by atoms with Crippen LogP contribution in [0, 0.1) is 11.3 Å². The van der Waals surface area contributed by atoms with E-state index in [2.05, 4.69) is 32.2 Å². The van der Waals surface area contributed by atoms with Crippen LogP contribution in [0.25, 0.3) is 0 Å². The van der Waals surface area contributed by atoms with Crippen LogP contribution in [-0.2, 0) is 4.79 Å². The molecular weight excluding hydrogens is 268 g/mol. The van der Waals surface area contributed by atoms with Crippen LogP contribution >= 0.6 is 11.3 Å². The molecule has 1 rings (SSSR count). The van der Waals surface area contributed by atoms with Gasteiger partial charge in [0.15, 0.2) is 0 Å². The molecule has 1 amide bonds. The average Bonchev–Trinajstić information content (AvgIpc) is 2.86. The highest BCUT2D eigenvalue weighted by Gasteiger charge is 2.24. The summed E-state index contributed by atoms with van der Waals surface area (Å²) in [5.74, 6) is 0.632. The molecule has 0 saturated carbocycles. The molecule has 4 heteroatoms. The zero-order valence-electron chi connectivity index (χ0n) is 13.1. The number of nitrogens with one attached hydrogen (secondary N) is 1. The van der Waals surface area contributed by atoms with Gasteiger partial charge in [-0.25, -0.2) is 0 Å². The fraction of sp³-hybridized carbons (Fsp3) is 0.688. The van der Waals surface area contributed by atoms with Gasteiger partial charge in [0.25, 0.3) is 0 Å². The van der Waals surface area contributed by atoms with Gasteiger partial charge in [-0.05, 0) is 49.1 Å². The quantitative estimate of drug-likeness (QED) is 0.805. The molecule has 0 bridgehead atoms. The van der Waals surface area contributed by atoms with E-state index in [-0.39, 0.29) is 17.4 Å². The van der Waals surface area contributed by atoms with E-state index >= 15 is 0 Å². The van der Waals surface area contributed by atoms with Crippen molar-refractivity contribution < 1.29 is 4.79 Å². The highest BCUT2D eigenvalue weighted by molar-refractivity contribution is 7.10. The van der Waals surface area contributed by atoms with Gasteiger partial charge in [-0.1, -0.05) is 26.8 Å². The molecular formula is C16H28N2OS. The maximum atomic E-state index is 12.0. The number of hydrogen-bond donors (Lipinski definition) is 2. The molecule has 0 aliphatic rings. The standard InChI is InChI=1S/C16H28N2OS/c1-12(14-6-5-11-20-14)18-15(19)8-7-13(9-10-17)16(2,3)4/h5-6,11-13H,7-10,17H2,1-4H3,(H,18,19). The van der Waals surface area contributed by atoms with Gasteiger partial charge in [-0.3, -0.25) is 4.79 Å². The highest BCUT2D eigenvalue weighted by atomic mass is 32.1. The van der Waals surface area contributed by atoms with E-state index in [0.717, 1.165) is 12.8 Å². The Morgan fingerprint density at radius 1 is 1.40 bits per heavy atom. The third-order valence-corrected chi connectivity index (χ3v) is 4.86. The number of amides is 1.